The number of hydrogen-bond donors (Lipinski definition) is 2. The van der Waals surface area contributed by atoms with Gasteiger partial charge in [0.25, 0.3) is 0 Å². The van der Waals surface area contributed by atoms with Gasteiger partial charge in [0.05, 0.1) is 0 Å². The fourth-order valence-electron chi connectivity index (χ4n) is 3.16. The number of nitrogens with one attached hydrogen (secondary N) is 1. The lowest BCUT2D eigenvalue weighted by Crippen LogP contribution is -2.59. The van der Waals surface area contributed by atoms with E-state index in [1.54, 1.807) is 0 Å². The largest absolute Gasteiger partial charge is 0.335 e. The molecular formula is C15H30N4O. The number of rotatable bonds is 3. The third-order valence-electron chi connectivity index (χ3n) is 4.86. The zero-order valence-corrected chi connectivity index (χ0v) is 13.0. The highest BCUT2D eigenvalue weighted by Gasteiger charge is 2.30. The standard InChI is InChI=1S/C15H30N4O/c1-15(2,12-16)19-10-8-18(9-11-19)14(20)17-13-6-4-3-5-7-13/h13H,3-12,16H2,1-2H3,(H,17,20). The van der Waals surface area contributed by atoms with Crippen LogP contribution in [0.25, 0.3) is 0 Å². The van der Waals surface area contributed by atoms with Crippen molar-refractivity contribution in [2.24, 2.45) is 5.73 Å². The van der Waals surface area contributed by atoms with Crippen molar-refractivity contribution in [2.45, 2.75) is 57.5 Å². The maximum Gasteiger partial charge on any atom is 0.317 e. The maximum absolute atomic E-state index is 12.3. The molecular weight excluding hydrogens is 252 g/mol. The first-order valence-corrected chi connectivity index (χ1v) is 8.03. The highest BCUT2D eigenvalue weighted by molar-refractivity contribution is 5.74. The van der Waals surface area contributed by atoms with Crippen LogP contribution in [-0.2, 0) is 0 Å². The highest BCUT2D eigenvalue weighted by Crippen LogP contribution is 2.19. The van der Waals surface area contributed by atoms with E-state index in [4.69, 9.17) is 5.73 Å². The molecule has 5 nitrogen and oxygen atoms in total. The predicted molar refractivity (Wildman–Crippen MR) is 81.7 cm³/mol. The van der Waals surface area contributed by atoms with E-state index >= 15 is 0 Å². The number of carbonyl (C=O) groups excluding carboxylic acids is 1. The smallest absolute Gasteiger partial charge is 0.317 e. The van der Waals surface area contributed by atoms with Gasteiger partial charge < -0.3 is 16.0 Å². The molecule has 1 aliphatic carbocycles. The average Bonchev–Trinajstić information content (AvgIpc) is 2.48. The van der Waals surface area contributed by atoms with E-state index in [1.807, 2.05) is 4.90 Å². The summed E-state index contributed by atoms with van der Waals surface area (Å²) in [6, 6.07) is 0.525. The molecule has 0 aromatic heterocycles. The van der Waals surface area contributed by atoms with Crippen molar-refractivity contribution in [3.8, 4) is 0 Å². The zero-order chi connectivity index (χ0) is 14.6. The van der Waals surface area contributed by atoms with Gasteiger partial charge in [0.1, 0.15) is 0 Å². The number of carbonyl (C=O) groups is 1. The summed E-state index contributed by atoms with van der Waals surface area (Å²) < 4.78 is 0. The van der Waals surface area contributed by atoms with Crippen LogP contribution in [0, 0.1) is 0 Å². The average molecular weight is 282 g/mol. The van der Waals surface area contributed by atoms with Crippen LogP contribution in [-0.4, -0.2) is 60.1 Å². The molecule has 2 rings (SSSR count). The molecule has 2 amide bonds. The molecule has 2 fully saturated rings. The van der Waals surface area contributed by atoms with Gasteiger partial charge in [0.15, 0.2) is 0 Å². The van der Waals surface area contributed by atoms with Gasteiger partial charge in [-0.2, -0.15) is 0 Å². The maximum atomic E-state index is 12.3. The Kier molecular flexibility index (Phi) is 5.27. The Balaban J connectivity index is 1.76. The van der Waals surface area contributed by atoms with E-state index in [1.165, 1.54) is 19.3 Å². The molecule has 0 aromatic rings. The van der Waals surface area contributed by atoms with Gasteiger partial charge in [-0.05, 0) is 26.7 Å². The Hall–Kier alpha value is -0.810. The molecule has 1 saturated carbocycles. The van der Waals surface area contributed by atoms with Crippen molar-refractivity contribution in [1.82, 2.24) is 15.1 Å². The van der Waals surface area contributed by atoms with Crippen LogP contribution in [0.4, 0.5) is 4.79 Å². The minimum absolute atomic E-state index is 0.0337. The zero-order valence-electron chi connectivity index (χ0n) is 13.0. The minimum atomic E-state index is 0.0337. The van der Waals surface area contributed by atoms with Crippen molar-refractivity contribution in [1.29, 1.82) is 0 Å². The van der Waals surface area contributed by atoms with E-state index in [9.17, 15) is 4.79 Å². The van der Waals surface area contributed by atoms with Crippen LogP contribution >= 0.6 is 0 Å². The number of nitrogens with zero attached hydrogens (tertiary/aromatic N) is 2. The molecule has 2 aliphatic rings. The van der Waals surface area contributed by atoms with Gasteiger partial charge >= 0.3 is 6.03 Å². The second kappa shape index (κ2) is 6.76. The first-order chi connectivity index (χ1) is 9.53. The van der Waals surface area contributed by atoms with Crippen molar-refractivity contribution in [3.05, 3.63) is 0 Å². The number of amides is 2. The monoisotopic (exact) mass is 282 g/mol. The van der Waals surface area contributed by atoms with Gasteiger partial charge in [0, 0.05) is 44.3 Å². The van der Waals surface area contributed by atoms with Crippen molar-refractivity contribution in [3.63, 3.8) is 0 Å². The number of piperazine rings is 1. The molecule has 116 valence electrons. The van der Waals surface area contributed by atoms with Gasteiger partial charge in [-0.25, -0.2) is 4.79 Å². The van der Waals surface area contributed by atoms with Crippen LogP contribution in [0.5, 0.6) is 0 Å². The summed E-state index contributed by atoms with van der Waals surface area (Å²) in [7, 11) is 0. The van der Waals surface area contributed by atoms with Gasteiger partial charge in [-0.1, -0.05) is 19.3 Å². The second-order valence-electron chi connectivity index (χ2n) is 6.78. The van der Waals surface area contributed by atoms with E-state index in [-0.39, 0.29) is 11.6 Å². The van der Waals surface area contributed by atoms with Crippen LogP contribution in [0.2, 0.25) is 0 Å². The molecule has 0 unspecified atom stereocenters. The molecule has 0 bridgehead atoms. The molecule has 0 atom stereocenters. The van der Waals surface area contributed by atoms with Gasteiger partial charge in [0.2, 0.25) is 0 Å². The van der Waals surface area contributed by atoms with Crippen LogP contribution < -0.4 is 11.1 Å². The Morgan fingerprint density at radius 3 is 2.30 bits per heavy atom. The highest BCUT2D eigenvalue weighted by atomic mass is 16.2. The fraction of sp³-hybridized carbons (Fsp3) is 0.933. The van der Waals surface area contributed by atoms with Gasteiger partial charge in [-0.15, -0.1) is 0 Å². The first kappa shape index (κ1) is 15.6. The quantitative estimate of drug-likeness (QED) is 0.822. The van der Waals surface area contributed by atoms with Crippen molar-refractivity contribution < 1.29 is 4.79 Å². The molecule has 1 aliphatic heterocycles. The number of nitrogens with two attached hydrogens (primary N) is 1. The molecule has 5 heteroatoms. The first-order valence-electron chi connectivity index (χ1n) is 8.03. The summed E-state index contributed by atoms with van der Waals surface area (Å²) in [6.45, 7) is 8.45. The molecule has 0 spiro atoms. The molecule has 1 saturated heterocycles. The minimum Gasteiger partial charge on any atom is -0.335 e. The summed E-state index contributed by atoms with van der Waals surface area (Å²) in [5, 5.41) is 3.20. The van der Waals surface area contributed by atoms with Gasteiger partial charge in [-0.3, -0.25) is 4.90 Å². The van der Waals surface area contributed by atoms with Crippen LogP contribution in [0.3, 0.4) is 0 Å². The topological polar surface area (TPSA) is 61.6 Å². The Morgan fingerprint density at radius 1 is 1.15 bits per heavy atom. The lowest BCUT2D eigenvalue weighted by Gasteiger charge is -2.43. The summed E-state index contributed by atoms with van der Waals surface area (Å²) in [6.07, 6.45) is 6.11. The Labute approximate surface area is 122 Å². The number of hydrogen-bond acceptors (Lipinski definition) is 3. The van der Waals surface area contributed by atoms with E-state index < -0.39 is 0 Å². The lowest BCUT2D eigenvalue weighted by atomic mass is 9.96. The molecule has 3 N–H and O–H groups in total. The Bertz CT molecular complexity index is 318. The molecule has 0 radical (unpaired) electrons. The predicted octanol–water partition coefficient (Wildman–Crippen LogP) is 1.38. The summed E-state index contributed by atoms with van der Waals surface area (Å²) in [5.74, 6) is 0. The normalized spacial score (nSPS) is 22.9. The third-order valence-corrected chi connectivity index (χ3v) is 4.86. The third kappa shape index (κ3) is 3.85. The summed E-state index contributed by atoms with van der Waals surface area (Å²) in [5.41, 5.74) is 5.85. The molecule has 0 aromatic carbocycles. The number of urea groups is 1. The second-order valence-corrected chi connectivity index (χ2v) is 6.78. The lowest BCUT2D eigenvalue weighted by molar-refractivity contribution is 0.0676. The molecule has 1 heterocycles. The summed E-state index contributed by atoms with van der Waals surface area (Å²) in [4.78, 5) is 16.6. The van der Waals surface area contributed by atoms with Crippen LogP contribution in [0.15, 0.2) is 0 Å². The van der Waals surface area contributed by atoms with Crippen molar-refractivity contribution in [2.75, 3.05) is 32.7 Å². The van der Waals surface area contributed by atoms with Crippen molar-refractivity contribution >= 4 is 6.03 Å². The van der Waals surface area contributed by atoms with E-state index in [0.29, 0.717) is 12.6 Å². The summed E-state index contributed by atoms with van der Waals surface area (Å²) >= 11 is 0. The SMILES string of the molecule is CC(C)(CN)N1CCN(C(=O)NC2CCCCC2)CC1. The Morgan fingerprint density at radius 2 is 1.75 bits per heavy atom. The van der Waals surface area contributed by atoms with E-state index in [0.717, 1.165) is 39.0 Å². The fourth-order valence-corrected chi connectivity index (χ4v) is 3.16. The van der Waals surface area contributed by atoms with E-state index in [2.05, 4.69) is 24.1 Å². The molecule has 20 heavy (non-hydrogen) atoms. The van der Waals surface area contributed by atoms with Crippen LogP contribution in [0.1, 0.15) is 46.0 Å².